The number of likely N-dealkylation sites (tertiary alicyclic amines) is 1. The van der Waals surface area contributed by atoms with Crippen LogP contribution in [0.4, 0.5) is 10.7 Å². The highest BCUT2D eigenvalue weighted by Crippen LogP contribution is 2.34. The summed E-state index contributed by atoms with van der Waals surface area (Å²) in [6, 6.07) is 10.7. The van der Waals surface area contributed by atoms with Gasteiger partial charge < -0.3 is 16.0 Å². The Morgan fingerprint density at radius 1 is 1.30 bits per heavy atom. The molecule has 1 aromatic carbocycles. The number of nitrogens with two attached hydrogens (primary N) is 1. The fourth-order valence-corrected chi connectivity index (χ4v) is 4.97. The summed E-state index contributed by atoms with van der Waals surface area (Å²) in [7, 11) is 1.86. The summed E-state index contributed by atoms with van der Waals surface area (Å²) in [5, 5.41) is 3.28. The Labute approximate surface area is 178 Å². The molecule has 3 N–H and O–H groups in total. The lowest BCUT2D eigenvalue weighted by Gasteiger charge is -2.47. The summed E-state index contributed by atoms with van der Waals surface area (Å²) in [6.07, 6.45) is 5.83. The number of amides is 2. The van der Waals surface area contributed by atoms with Crippen LogP contribution in [0, 0.1) is 5.92 Å². The number of rotatable bonds is 5. The highest BCUT2D eigenvalue weighted by molar-refractivity contribution is 5.74. The van der Waals surface area contributed by atoms with Crippen molar-refractivity contribution in [3.8, 4) is 0 Å². The zero-order chi connectivity index (χ0) is 21.1. The lowest BCUT2D eigenvalue weighted by atomic mass is 9.76. The third kappa shape index (κ3) is 4.56. The quantitative estimate of drug-likeness (QED) is 0.794. The normalized spacial score (nSPS) is 23.3. The molecule has 4 rings (SSSR count). The van der Waals surface area contributed by atoms with E-state index in [2.05, 4.69) is 27.1 Å². The molecule has 0 spiro atoms. The molecule has 30 heavy (non-hydrogen) atoms. The predicted molar refractivity (Wildman–Crippen MR) is 118 cm³/mol. The van der Waals surface area contributed by atoms with Gasteiger partial charge in [0.05, 0.1) is 0 Å². The van der Waals surface area contributed by atoms with E-state index in [9.17, 15) is 4.79 Å². The Bertz CT molecular complexity index is 873. The first kappa shape index (κ1) is 20.6. The number of nitrogens with zero attached hydrogens (tertiary/aromatic N) is 4. The number of carbonyl (C=O) groups excluding carboxylic acids is 1. The van der Waals surface area contributed by atoms with Crippen LogP contribution >= 0.6 is 0 Å². The van der Waals surface area contributed by atoms with Crippen LogP contribution < -0.4 is 11.1 Å². The predicted octanol–water partition coefficient (Wildman–Crippen LogP) is 2.47. The number of hydrogen-bond donors (Lipinski definition) is 2. The summed E-state index contributed by atoms with van der Waals surface area (Å²) in [4.78, 5) is 25.8. The van der Waals surface area contributed by atoms with Crippen molar-refractivity contribution in [3.05, 3.63) is 53.3 Å². The van der Waals surface area contributed by atoms with Gasteiger partial charge in [-0.2, -0.15) is 0 Å². The van der Waals surface area contributed by atoms with Gasteiger partial charge in [-0.25, -0.2) is 14.8 Å². The fourth-order valence-electron chi connectivity index (χ4n) is 4.97. The molecule has 1 aliphatic heterocycles. The number of aromatic nitrogens is 2. The first-order valence-electron chi connectivity index (χ1n) is 10.9. The molecule has 0 bridgehead atoms. The number of benzene rings is 1. The standard InChI is InChI=1S/C23H32N6O/c1-3-9-29-15-19(26-23(30)28(2)14-16-7-5-4-6-8-16)10-17-11-20-18(12-21(17)29)13-25-22(24)27-20/h4-8,13,17,19,21H,3,9-12,14-15H2,1-2H3,(H,26,30)(H2,24,25,27)/t17?,19-,21+/m0/s1. The lowest BCUT2D eigenvalue weighted by molar-refractivity contribution is 0.0628. The maximum absolute atomic E-state index is 12.8. The molecule has 2 heterocycles. The van der Waals surface area contributed by atoms with Crippen LogP contribution in [0.25, 0.3) is 0 Å². The highest BCUT2D eigenvalue weighted by Gasteiger charge is 2.40. The van der Waals surface area contributed by atoms with Crippen molar-refractivity contribution in [2.75, 3.05) is 25.9 Å². The van der Waals surface area contributed by atoms with Crippen LogP contribution in [0.1, 0.15) is 36.6 Å². The molecule has 1 fully saturated rings. The van der Waals surface area contributed by atoms with Crippen LogP contribution in [-0.2, 0) is 19.4 Å². The van der Waals surface area contributed by atoms with Crippen molar-refractivity contribution in [1.82, 2.24) is 25.1 Å². The average Bonchev–Trinajstić information content (AvgIpc) is 2.73. The maximum Gasteiger partial charge on any atom is 0.317 e. The number of anilines is 1. The van der Waals surface area contributed by atoms with Crippen LogP contribution in [0.2, 0.25) is 0 Å². The first-order chi connectivity index (χ1) is 14.5. The summed E-state index contributed by atoms with van der Waals surface area (Å²) in [6.45, 7) is 4.75. The molecule has 2 aliphatic rings. The average molecular weight is 409 g/mol. The van der Waals surface area contributed by atoms with E-state index in [-0.39, 0.29) is 12.1 Å². The Morgan fingerprint density at radius 3 is 2.87 bits per heavy atom. The second-order valence-corrected chi connectivity index (χ2v) is 8.65. The first-order valence-corrected chi connectivity index (χ1v) is 10.9. The molecule has 1 saturated heterocycles. The van der Waals surface area contributed by atoms with E-state index in [1.54, 1.807) is 4.90 Å². The maximum atomic E-state index is 12.8. The van der Waals surface area contributed by atoms with Gasteiger partial charge in [0.2, 0.25) is 5.95 Å². The van der Waals surface area contributed by atoms with E-state index >= 15 is 0 Å². The van der Waals surface area contributed by atoms with Gasteiger partial charge in [-0.3, -0.25) is 4.90 Å². The number of piperidine rings is 1. The van der Waals surface area contributed by atoms with Crippen LogP contribution in [0.15, 0.2) is 36.5 Å². The van der Waals surface area contributed by atoms with E-state index in [4.69, 9.17) is 5.73 Å². The van der Waals surface area contributed by atoms with Crippen molar-refractivity contribution in [1.29, 1.82) is 0 Å². The Morgan fingerprint density at radius 2 is 2.10 bits per heavy atom. The monoisotopic (exact) mass is 408 g/mol. The number of nitrogen functional groups attached to an aromatic ring is 1. The van der Waals surface area contributed by atoms with Crippen molar-refractivity contribution < 1.29 is 4.79 Å². The molecule has 1 aliphatic carbocycles. The molecule has 160 valence electrons. The number of nitrogens with one attached hydrogen (secondary N) is 1. The van der Waals surface area contributed by atoms with Gasteiger partial charge in [0, 0.05) is 44.1 Å². The van der Waals surface area contributed by atoms with Crippen LogP contribution in [0.3, 0.4) is 0 Å². The zero-order valence-corrected chi connectivity index (χ0v) is 17.9. The van der Waals surface area contributed by atoms with Crippen LogP contribution in [-0.4, -0.2) is 58.0 Å². The van der Waals surface area contributed by atoms with Gasteiger partial charge in [0.15, 0.2) is 0 Å². The number of hydrogen-bond acceptors (Lipinski definition) is 5. The van der Waals surface area contributed by atoms with E-state index in [1.165, 1.54) is 5.56 Å². The van der Waals surface area contributed by atoms with Crippen molar-refractivity contribution in [2.45, 2.75) is 51.2 Å². The van der Waals surface area contributed by atoms with Crippen molar-refractivity contribution >= 4 is 12.0 Å². The smallest absolute Gasteiger partial charge is 0.317 e. The van der Waals surface area contributed by atoms with E-state index in [0.717, 1.165) is 50.0 Å². The van der Waals surface area contributed by atoms with Gasteiger partial charge in [-0.1, -0.05) is 37.3 Å². The van der Waals surface area contributed by atoms with Crippen molar-refractivity contribution in [2.24, 2.45) is 5.92 Å². The lowest BCUT2D eigenvalue weighted by Crippen LogP contribution is -2.59. The molecule has 1 aromatic heterocycles. The largest absolute Gasteiger partial charge is 0.368 e. The third-order valence-corrected chi connectivity index (χ3v) is 6.36. The van der Waals surface area contributed by atoms with Gasteiger partial charge in [-0.15, -0.1) is 0 Å². The van der Waals surface area contributed by atoms with Gasteiger partial charge in [0.25, 0.3) is 0 Å². The summed E-state index contributed by atoms with van der Waals surface area (Å²) in [5.74, 6) is 0.817. The Kier molecular flexibility index (Phi) is 6.18. The number of carbonyl (C=O) groups is 1. The molecule has 0 radical (unpaired) electrons. The Balaban J connectivity index is 1.43. The van der Waals surface area contributed by atoms with Crippen molar-refractivity contribution in [3.63, 3.8) is 0 Å². The number of urea groups is 1. The summed E-state index contributed by atoms with van der Waals surface area (Å²) in [5.41, 5.74) is 9.25. The molecule has 2 aromatic rings. The molecular weight excluding hydrogens is 376 g/mol. The van der Waals surface area contributed by atoms with E-state index < -0.39 is 0 Å². The van der Waals surface area contributed by atoms with Gasteiger partial charge in [-0.05, 0) is 49.3 Å². The second-order valence-electron chi connectivity index (χ2n) is 8.65. The summed E-state index contributed by atoms with van der Waals surface area (Å²) >= 11 is 0. The second kappa shape index (κ2) is 9.00. The van der Waals surface area contributed by atoms with E-state index in [1.807, 2.05) is 43.6 Å². The third-order valence-electron chi connectivity index (χ3n) is 6.36. The van der Waals surface area contributed by atoms with Crippen LogP contribution in [0.5, 0.6) is 0 Å². The minimum Gasteiger partial charge on any atom is -0.368 e. The summed E-state index contributed by atoms with van der Waals surface area (Å²) < 4.78 is 0. The zero-order valence-electron chi connectivity index (χ0n) is 17.9. The molecule has 3 atom stereocenters. The van der Waals surface area contributed by atoms with Gasteiger partial charge in [0.1, 0.15) is 0 Å². The highest BCUT2D eigenvalue weighted by atomic mass is 16.2. The molecule has 7 heteroatoms. The molecule has 0 saturated carbocycles. The van der Waals surface area contributed by atoms with Gasteiger partial charge >= 0.3 is 6.03 Å². The molecule has 1 unspecified atom stereocenters. The minimum absolute atomic E-state index is 0.0125. The number of fused-ring (bicyclic) bond motifs is 2. The molecule has 2 amide bonds. The Hall–Kier alpha value is -2.67. The SMILES string of the molecule is CCCN1C[C@@H](NC(=O)N(C)Cc2ccccc2)CC2Cc3nc(N)ncc3C[C@H]21. The topological polar surface area (TPSA) is 87.4 Å². The minimum atomic E-state index is -0.0125. The fraction of sp³-hybridized carbons (Fsp3) is 0.522. The molecular formula is C23H32N6O. The van der Waals surface area contributed by atoms with E-state index in [0.29, 0.717) is 24.5 Å². The molecule has 7 nitrogen and oxygen atoms in total.